The van der Waals surface area contributed by atoms with E-state index >= 15 is 0 Å². The monoisotopic (exact) mass is 337 g/mol. The zero-order valence-corrected chi connectivity index (χ0v) is 11.8. The van der Waals surface area contributed by atoms with E-state index in [1.54, 1.807) is 5.01 Å². The van der Waals surface area contributed by atoms with Gasteiger partial charge in [-0.15, -0.1) is 0 Å². The molecule has 1 saturated carbocycles. The number of fused-ring (bicyclic) bond motifs is 1. The van der Waals surface area contributed by atoms with Gasteiger partial charge in [0.05, 0.1) is 6.61 Å². The maximum absolute atomic E-state index is 6.07. The number of halogens is 1. The summed E-state index contributed by atoms with van der Waals surface area (Å²) in [7, 11) is 1.87. The van der Waals surface area contributed by atoms with Gasteiger partial charge in [0.2, 0.25) is 0 Å². The molecule has 2 aliphatic carbocycles. The highest BCUT2D eigenvalue weighted by atomic mass is 127. The molecule has 0 aromatic rings. The van der Waals surface area contributed by atoms with Gasteiger partial charge in [-0.2, -0.15) is 0 Å². The average Bonchev–Trinajstić information content (AvgIpc) is 2.84. The van der Waals surface area contributed by atoms with Crippen molar-refractivity contribution in [3.05, 3.63) is 11.4 Å². The van der Waals surface area contributed by atoms with Crippen molar-refractivity contribution in [2.75, 3.05) is 13.7 Å². The van der Waals surface area contributed by atoms with Crippen molar-refractivity contribution in [3.63, 3.8) is 0 Å². The summed E-state index contributed by atoms with van der Waals surface area (Å²) >= 11 is 1.99. The van der Waals surface area contributed by atoms with E-state index < -0.39 is 0 Å². The molecular weight excluding hydrogens is 317 g/mol. The third kappa shape index (κ3) is 2.46. The summed E-state index contributed by atoms with van der Waals surface area (Å²) in [4.78, 5) is 0. The Bertz CT molecular complexity index is 293. The predicted molar refractivity (Wildman–Crippen MR) is 72.1 cm³/mol. The number of nitrogens with two attached hydrogens (primary N) is 2. The number of hydrogen-bond donors (Lipinski definition) is 2. The van der Waals surface area contributed by atoms with Crippen LogP contribution in [0.4, 0.5) is 0 Å². The van der Waals surface area contributed by atoms with Crippen molar-refractivity contribution in [2.45, 2.75) is 25.7 Å². The summed E-state index contributed by atoms with van der Waals surface area (Å²) in [5.41, 5.74) is 8.18. The first kappa shape index (κ1) is 12.4. The maximum Gasteiger partial charge on any atom is 0.109 e. The molecule has 2 rings (SSSR count). The third-order valence-corrected chi connectivity index (χ3v) is 4.38. The minimum Gasteiger partial charge on any atom is -0.401 e. The molecule has 4 N–H and O–H groups in total. The van der Waals surface area contributed by atoms with Crippen LogP contribution in [0.1, 0.15) is 25.7 Å². The lowest BCUT2D eigenvalue weighted by molar-refractivity contribution is 0.372. The smallest absolute Gasteiger partial charge is 0.109 e. The van der Waals surface area contributed by atoms with E-state index in [0.29, 0.717) is 0 Å². The molecule has 0 saturated heterocycles. The maximum atomic E-state index is 6.07. The van der Waals surface area contributed by atoms with Crippen molar-refractivity contribution in [3.8, 4) is 0 Å². The van der Waals surface area contributed by atoms with Gasteiger partial charge in [-0.3, -0.25) is 0 Å². The Morgan fingerprint density at radius 1 is 1.38 bits per heavy atom. The molecule has 0 bridgehead atoms. The summed E-state index contributed by atoms with van der Waals surface area (Å²) in [6.07, 6.45) is 4.39. The molecule has 3 atom stereocenters. The van der Waals surface area contributed by atoms with Crippen LogP contribution in [0, 0.1) is 17.8 Å². The van der Waals surface area contributed by atoms with E-state index in [9.17, 15) is 0 Å². The Labute approximate surface area is 111 Å². The van der Waals surface area contributed by atoms with Gasteiger partial charge < -0.3 is 13.8 Å². The molecule has 0 aliphatic heterocycles. The normalized spacial score (nSPS) is 34.1. The third-order valence-electron chi connectivity index (χ3n) is 4.02. The van der Waals surface area contributed by atoms with Gasteiger partial charge in [-0.1, -0.05) is 0 Å². The highest BCUT2D eigenvalue weighted by Gasteiger charge is 2.49. The Balaban J connectivity index is 1.98. The van der Waals surface area contributed by atoms with Crippen molar-refractivity contribution >= 4 is 23.0 Å². The van der Waals surface area contributed by atoms with Gasteiger partial charge in [0.1, 0.15) is 23.0 Å². The van der Waals surface area contributed by atoms with E-state index in [0.717, 1.165) is 48.6 Å². The van der Waals surface area contributed by atoms with E-state index in [-0.39, 0.29) is 0 Å². The molecule has 0 heterocycles. The minimum absolute atomic E-state index is 0.757. The van der Waals surface area contributed by atoms with Gasteiger partial charge >= 0.3 is 0 Å². The Hall–Kier alpha value is -0.0100. The van der Waals surface area contributed by atoms with Crippen LogP contribution in [-0.4, -0.2) is 18.7 Å². The molecule has 0 spiro atoms. The second-order valence-electron chi connectivity index (χ2n) is 4.93. The number of hydrazine groups is 1. The van der Waals surface area contributed by atoms with Crippen LogP contribution < -0.4 is 11.6 Å². The fraction of sp³-hybridized carbons (Fsp3) is 0.818. The summed E-state index contributed by atoms with van der Waals surface area (Å²) in [5.74, 6) is 8.22. The number of nitrogens with zero attached hydrogens (tertiary/aromatic N) is 1. The largest absolute Gasteiger partial charge is 0.401 e. The quantitative estimate of drug-likeness (QED) is 0.468. The molecule has 92 valence electrons. The average molecular weight is 337 g/mol. The van der Waals surface area contributed by atoms with Gasteiger partial charge in [-0.05, 0) is 43.4 Å². The lowest BCUT2D eigenvalue weighted by atomic mass is 10.0. The van der Waals surface area contributed by atoms with Gasteiger partial charge in [0, 0.05) is 18.4 Å². The van der Waals surface area contributed by atoms with Crippen LogP contribution in [0.25, 0.3) is 0 Å². The van der Waals surface area contributed by atoms with E-state index in [1.165, 1.54) is 12.8 Å². The highest BCUT2D eigenvalue weighted by Crippen LogP contribution is 2.53. The van der Waals surface area contributed by atoms with Crippen LogP contribution in [0.3, 0.4) is 0 Å². The van der Waals surface area contributed by atoms with Crippen molar-refractivity contribution in [2.24, 2.45) is 29.3 Å². The number of rotatable bonds is 3. The molecule has 0 radical (unpaired) electrons. The van der Waals surface area contributed by atoms with Crippen LogP contribution in [-0.2, 0) is 3.07 Å². The van der Waals surface area contributed by atoms with Crippen molar-refractivity contribution in [1.29, 1.82) is 0 Å². The zero-order chi connectivity index (χ0) is 11.7. The summed E-state index contributed by atoms with van der Waals surface area (Å²) in [6, 6.07) is 0. The second-order valence-corrected chi connectivity index (χ2v) is 5.55. The Morgan fingerprint density at radius 2 is 2.00 bits per heavy atom. The van der Waals surface area contributed by atoms with Crippen LogP contribution in [0.2, 0.25) is 0 Å². The fourth-order valence-electron chi connectivity index (χ4n) is 3.03. The van der Waals surface area contributed by atoms with Gasteiger partial charge in [0.25, 0.3) is 0 Å². The van der Waals surface area contributed by atoms with E-state index in [1.807, 2.05) is 30.1 Å². The number of hydrogen-bond acceptors (Lipinski definition) is 4. The van der Waals surface area contributed by atoms with Crippen LogP contribution >= 0.6 is 23.0 Å². The van der Waals surface area contributed by atoms with Crippen LogP contribution in [0.15, 0.2) is 11.4 Å². The van der Waals surface area contributed by atoms with Crippen molar-refractivity contribution in [1.82, 2.24) is 5.01 Å². The molecule has 16 heavy (non-hydrogen) atoms. The minimum atomic E-state index is 0.757. The molecule has 0 amide bonds. The summed E-state index contributed by atoms with van der Waals surface area (Å²) < 4.78 is 5.23. The lowest BCUT2D eigenvalue weighted by Gasteiger charge is -2.21. The topological polar surface area (TPSA) is 64.5 Å². The first-order valence-corrected chi connectivity index (χ1v) is 6.72. The molecule has 0 aromatic heterocycles. The molecule has 5 heteroatoms. The standard InChI is InChI=1S/C11H20IN3O/c1-15(14)11-5-3-8-7(2-4-10(11)13)9(8)6-16-12/h7-9H,2-6,13-14H2,1H3. The molecule has 2 aliphatic rings. The first-order chi connectivity index (χ1) is 7.65. The van der Waals surface area contributed by atoms with E-state index in [4.69, 9.17) is 14.6 Å². The van der Waals surface area contributed by atoms with Gasteiger partial charge in [0.15, 0.2) is 0 Å². The zero-order valence-electron chi connectivity index (χ0n) is 9.66. The molecule has 3 unspecified atom stereocenters. The molecule has 0 aromatic carbocycles. The summed E-state index contributed by atoms with van der Waals surface area (Å²) in [5, 5.41) is 1.68. The van der Waals surface area contributed by atoms with Crippen molar-refractivity contribution < 1.29 is 3.07 Å². The van der Waals surface area contributed by atoms with Gasteiger partial charge in [-0.25, -0.2) is 5.84 Å². The first-order valence-electron chi connectivity index (χ1n) is 5.84. The SMILES string of the molecule is CN(N)C1=C(N)CCC2C(CC1)C2COI. The fourth-order valence-corrected chi connectivity index (χ4v) is 3.45. The lowest BCUT2D eigenvalue weighted by Crippen LogP contribution is -2.28. The second kappa shape index (κ2) is 5.10. The Morgan fingerprint density at radius 3 is 2.56 bits per heavy atom. The predicted octanol–water partition coefficient (Wildman–Crippen LogP) is 1.76. The number of allylic oxidation sites excluding steroid dienone is 2. The molecule has 4 nitrogen and oxygen atoms in total. The highest BCUT2D eigenvalue weighted by molar-refractivity contribution is 14.1. The Kier molecular flexibility index (Phi) is 3.97. The summed E-state index contributed by atoms with van der Waals surface area (Å²) in [6.45, 7) is 0.892. The molecule has 1 fully saturated rings. The van der Waals surface area contributed by atoms with E-state index in [2.05, 4.69) is 0 Å². The molecular formula is C11H20IN3O. The van der Waals surface area contributed by atoms with Crippen LogP contribution in [0.5, 0.6) is 0 Å².